The Bertz CT molecular complexity index is 991. The number of thioether (sulfide) groups is 1. The lowest BCUT2D eigenvalue weighted by Gasteiger charge is -2.35. The first-order chi connectivity index (χ1) is 17.9. The first-order valence-electron chi connectivity index (χ1n) is 12.9. The largest absolute Gasteiger partial charge is 0.508 e. The molecule has 0 radical (unpaired) electrons. The number of carbonyl (C=O) groups excluding carboxylic acids is 4. The van der Waals surface area contributed by atoms with Crippen LogP contribution in [0, 0.1) is 6.92 Å². The molecular weight excluding hydrogens is 510 g/mol. The predicted molar refractivity (Wildman–Crippen MR) is 146 cm³/mol. The molecule has 38 heavy (non-hydrogen) atoms. The van der Waals surface area contributed by atoms with E-state index in [4.69, 9.17) is 9.47 Å². The minimum atomic E-state index is -1.02. The van der Waals surface area contributed by atoms with Crippen LogP contribution < -0.4 is 10.6 Å². The van der Waals surface area contributed by atoms with Gasteiger partial charge in [-0.15, -0.1) is 0 Å². The van der Waals surface area contributed by atoms with Crippen molar-refractivity contribution in [2.45, 2.75) is 84.0 Å². The highest BCUT2D eigenvalue weighted by Gasteiger charge is 2.44. The van der Waals surface area contributed by atoms with Gasteiger partial charge in [0.15, 0.2) is 0 Å². The second-order valence-electron chi connectivity index (χ2n) is 10.3. The molecule has 1 saturated carbocycles. The number of nitrogens with zero attached hydrogens (tertiary/aromatic N) is 1. The first kappa shape index (κ1) is 31.3. The minimum absolute atomic E-state index is 0.00513. The Kier molecular flexibility index (Phi) is 11.7. The number of alkyl carbamates (subject to hydrolysis) is 1. The van der Waals surface area contributed by atoms with Crippen molar-refractivity contribution in [3.8, 4) is 5.75 Å². The first-order valence-corrected chi connectivity index (χ1v) is 14.3. The van der Waals surface area contributed by atoms with Crippen LogP contribution in [0.3, 0.4) is 0 Å². The number of phenols is 1. The molecule has 2 rings (SSSR count). The average molecular weight is 552 g/mol. The van der Waals surface area contributed by atoms with Gasteiger partial charge in [-0.2, -0.15) is 11.8 Å². The van der Waals surface area contributed by atoms with Gasteiger partial charge in [0, 0.05) is 12.6 Å². The topological polar surface area (TPSA) is 134 Å². The molecule has 0 saturated heterocycles. The second kappa shape index (κ2) is 14.3. The standard InChI is InChI=1S/C27H41N3O7S/c1-7-36-22(32)12-14-28-24(33)23(18-8-11-21(31)17(2)16-18)30(19-9-10-19)25(34)20(13-15-38-6)29-26(35)37-27(3,4)5/h8,11,16,19-20,23,31H,7,9-10,12-15H2,1-6H3,(H,28,33)(H,29,35). The molecule has 1 aromatic rings. The van der Waals surface area contributed by atoms with Gasteiger partial charge in [-0.05, 0) is 89.1 Å². The molecule has 3 amide bonds. The van der Waals surface area contributed by atoms with Crippen molar-refractivity contribution >= 4 is 35.6 Å². The van der Waals surface area contributed by atoms with Crippen LogP contribution in [0.25, 0.3) is 0 Å². The van der Waals surface area contributed by atoms with Crippen LogP contribution in [0.1, 0.15) is 70.5 Å². The van der Waals surface area contributed by atoms with E-state index in [0.717, 1.165) is 12.8 Å². The van der Waals surface area contributed by atoms with Gasteiger partial charge in [0.1, 0.15) is 23.4 Å². The van der Waals surface area contributed by atoms with Crippen LogP contribution in [-0.4, -0.2) is 76.7 Å². The molecule has 1 aromatic carbocycles. The van der Waals surface area contributed by atoms with Gasteiger partial charge >= 0.3 is 12.1 Å². The molecular formula is C27H41N3O7S. The zero-order valence-corrected chi connectivity index (χ0v) is 24.0. The van der Waals surface area contributed by atoms with Gasteiger partial charge in [-0.3, -0.25) is 14.4 Å². The van der Waals surface area contributed by atoms with Crippen LogP contribution in [0.5, 0.6) is 5.75 Å². The van der Waals surface area contributed by atoms with E-state index in [9.17, 15) is 24.3 Å². The van der Waals surface area contributed by atoms with Crippen molar-refractivity contribution in [1.82, 2.24) is 15.5 Å². The summed E-state index contributed by atoms with van der Waals surface area (Å²) in [6, 6.07) is 2.67. The van der Waals surface area contributed by atoms with Crippen LogP contribution in [0.4, 0.5) is 4.79 Å². The molecule has 11 heteroatoms. The number of nitrogens with one attached hydrogen (secondary N) is 2. The predicted octanol–water partition coefficient (Wildman–Crippen LogP) is 3.45. The third-order valence-corrected chi connectivity index (χ3v) is 6.44. The molecule has 3 N–H and O–H groups in total. The van der Waals surface area contributed by atoms with E-state index in [1.807, 2.05) is 6.26 Å². The summed E-state index contributed by atoms with van der Waals surface area (Å²) in [5, 5.41) is 15.5. The van der Waals surface area contributed by atoms with Gasteiger partial charge in [0.2, 0.25) is 11.8 Å². The van der Waals surface area contributed by atoms with Gasteiger partial charge in [-0.25, -0.2) is 4.79 Å². The lowest BCUT2D eigenvalue weighted by molar-refractivity contribution is -0.144. The summed E-state index contributed by atoms with van der Waals surface area (Å²) in [7, 11) is 0. The van der Waals surface area contributed by atoms with E-state index >= 15 is 0 Å². The Labute approximate surface area is 229 Å². The van der Waals surface area contributed by atoms with Gasteiger partial charge < -0.3 is 30.1 Å². The maximum atomic E-state index is 14.0. The number of esters is 1. The maximum absolute atomic E-state index is 14.0. The van der Waals surface area contributed by atoms with E-state index in [-0.39, 0.29) is 37.3 Å². The Hall–Kier alpha value is -2.95. The second-order valence-corrected chi connectivity index (χ2v) is 11.2. The number of hydrogen-bond donors (Lipinski definition) is 3. The summed E-state index contributed by atoms with van der Waals surface area (Å²) in [5.74, 6) is -0.591. The fraction of sp³-hybridized carbons (Fsp3) is 0.630. The number of phenolic OH excluding ortho intramolecular Hbond substituents is 1. The number of hydrogen-bond acceptors (Lipinski definition) is 8. The van der Waals surface area contributed by atoms with Crippen molar-refractivity contribution in [3.05, 3.63) is 29.3 Å². The summed E-state index contributed by atoms with van der Waals surface area (Å²) in [6.07, 6.45) is 2.99. The fourth-order valence-corrected chi connectivity index (χ4v) is 4.37. The van der Waals surface area contributed by atoms with Crippen molar-refractivity contribution in [3.63, 3.8) is 0 Å². The van der Waals surface area contributed by atoms with E-state index in [1.165, 1.54) is 11.0 Å². The van der Waals surface area contributed by atoms with Gasteiger partial charge in [-0.1, -0.05) is 6.07 Å². The number of aryl methyl sites for hydroxylation is 1. The minimum Gasteiger partial charge on any atom is -0.508 e. The molecule has 0 spiro atoms. The molecule has 1 aliphatic carbocycles. The maximum Gasteiger partial charge on any atom is 0.408 e. The van der Waals surface area contributed by atoms with E-state index < -0.39 is 35.7 Å². The number of amides is 3. The highest BCUT2D eigenvalue weighted by molar-refractivity contribution is 7.98. The highest BCUT2D eigenvalue weighted by atomic mass is 32.2. The van der Waals surface area contributed by atoms with Crippen LogP contribution >= 0.6 is 11.8 Å². The zero-order chi connectivity index (χ0) is 28.5. The van der Waals surface area contributed by atoms with Gasteiger partial charge in [0.25, 0.3) is 0 Å². The Balaban J connectivity index is 2.39. The summed E-state index contributed by atoms with van der Waals surface area (Å²) >= 11 is 1.54. The normalized spacial score (nSPS) is 14.7. The van der Waals surface area contributed by atoms with Gasteiger partial charge in [0.05, 0.1) is 13.0 Å². The number of benzene rings is 1. The number of rotatable bonds is 13. The number of aromatic hydroxyl groups is 1. The quantitative estimate of drug-likeness (QED) is 0.318. The Morgan fingerprint density at radius 3 is 2.45 bits per heavy atom. The van der Waals surface area contributed by atoms with E-state index in [2.05, 4.69) is 10.6 Å². The Morgan fingerprint density at radius 1 is 1.21 bits per heavy atom. The summed E-state index contributed by atoms with van der Waals surface area (Å²) < 4.78 is 10.3. The Morgan fingerprint density at radius 2 is 1.89 bits per heavy atom. The molecule has 2 atom stereocenters. The van der Waals surface area contributed by atoms with Crippen LogP contribution in [0.15, 0.2) is 18.2 Å². The summed E-state index contributed by atoms with van der Waals surface area (Å²) in [6.45, 7) is 8.93. The number of carbonyl (C=O) groups is 4. The number of ether oxygens (including phenoxy) is 2. The molecule has 10 nitrogen and oxygen atoms in total. The molecule has 0 heterocycles. The highest BCUT2D eigenvalue weighted by Crippen LogP contribution is 2.37. The average Bonchev–Trinajstić information content (AvgIpc) is 3.65. The molecule has 212 valence electrons. The van der Waals surface area contributed by atoms with Crippen molar-refractivity contribution in [1.29, 1.82) is 0 Å². The smallest absolute Gasteiger partial charge is 0.408 e. The molecule has 0 aliphatic heterocycles. The van der Waals surface area contributed by atoms with Crippen molar-refractivity contribution < 1.29 is 33.8 Å². The molecule has 2 unspecified atom stereocenters. The van der Waals surface area contributed by atoms with Crippen LogP contribution in [0.2, 0.25) is 0 Å². The zero-order valence-electron chi connectivity index (χ0n) is 23.2. The summed E-state index contributed by atoms with van der Waals surface area (Å²) in [5.41, 5.74) is 0.342. The van der Waals surface area contributed by atoms with Crippen LogP contribution in [-0.2, 0) is 23.9 Å². The molecule has 1 fully saturated rings. The monoisotopic (exact) mass is 551 g/mol. The van der Waals surface area contributed by atoms with E-state index in [1.54, 1.807) is 58.5 Å². The third-order valence-electron chi connectivity index (χ3n) is 5.79. The SMILES string of the molecule is CCOC(=O)CCNC(=O)C(c1ccc(O)c(C)c1)N(C(=O)C(CCSC)NC(=O)OC(C)(C)C)C1CC1. The van der Waals surface area contributed by atoms with E-state index in [0.29, 0.717) is 23.3 Å². The third kappa shape index (κ3) is 9.74. The molecule has 0 bridgehead atoms. The van der Waals surface area contributed by atoms with Crippen molar-refractivity contribution in [2.75, 3.05) is 25.2 Å². The summed E-state index contributed by atoms with van der Waals surface area (Å²) in [4.78, 5) is 53.5. The lowest BCUT2D eigenvalue weighted by atomic mass is 9.99. The molecule has 0 aromatic heterocycles. The lowest BCUT2D eigenvalue weighted by Crippen LogP contribution is -2.54. The molecule has 1 aliphatic rings. The van der Waals surface area contributed by atoms with Crippen molar-refractivity contribution in [2.24, 2.45) is 0 Å². The fourth-order valence-electron chi connectivity index (χ4n) is 3.90.